The molecule has 0 unspecified atom stereocenters. The van der Waals surface area contributed by atoms with Gasteiger partial charge in [0.2, 0.25) is 0 Å². The van der Waals surface area contributed by atoms with Gasteiger partial charge >= 0.3 is 0 Å². The van der Waals surface area contributed by atoms with Gasteiger partial charge in [0.15, 0.2) is 11.5 Å². The van der Waals surface area contributed by atoms with Crippen LogP contribution in [0.5, 0.6) is 11.5 Å². The molecule has 0 atom stereocenters. The summed E-state index contributed by atoms with van der Waals surface area (Å²) in [6.45, 7) is 0. The van der Waals surface area contributed by atoms with Gasteiger partial charge in [0.05, 0.1) is 0 Å². The lowest BCUT2D eigenvalue weighted by atomic mass is 10.2. The summed E-state index contributed by atoms with van der Waals surface area (Å²) in [4.78, 5) is 5.07. The molecule has 0 radical (unpaired) electrons. The molecule has 2 aromatic rings. The van der Waals surface area contributed by atoms with Gasteiger partial charge in [-0.15, -0.1) is 11.8 Å². The molecule has 16 heavy (non-hydrogen) atoms. The molecule has 0 aliphatic rings. The Labute approximate surface area is 97.8 Å². The number of pyridine rings is 1. The Morgan fingerprint density at radius 2 is 1.75 bits per heavy atom. The normalized spacial score (nSPS) is 10.2. The Morgan fingerprint density at radius 3 is 2.44 bits per heavy atom. The van der Waals surface area contributed by atoms with Crippen molar-refractivity contribution in [1.82, 2.24) is 4.98 Å². The van der Waals surface area contributed by atoms with Gasteiger partial charge in [0, 0.05) is 23.0 Å². The smallest absolute Gasteiger partial charge is 0.157 e. The number of benzene rings is 1. The number of hydrogen-bond acceptors (Lipinski definition) is 4. The number of aromatic hydroxyl groups is 2. The van der Waals surface area contributed by atoms with Crippen LogP contribution in [0.3, 0.4) is 0 Å². The van der Waals surface area contributed by atoms with Gasteiger partial charge in [0.1, 0.15) is 0 Å². The van der Waals surface area contributed by atoms with E-state index >= 15 is 0 Å². The van der Waals surface area contributed by atoms with E-state index in [4.69, 9.17) is 5.11 Å². The second-order valence-electron chi connectivity index (χ2n) is 3.29. The van der Waals surface area contributed by atoms with E-state index in [0.29, 0.717) is 0 Å². The van der Waals surface area contributed by atoms with Crippen LogP contribution in [0.4, 0.5) is 0 Å². The summed E-state index contributed by atoms with van der Waals surface area (Å²) >= 11 is 1.66. The molecule has 0 spiro atoms. The van der Waals surface area contributed by atoms with E-state index in [1.54, 1.807) is 36.3 Å². The highest BCUT2D eigenvalue weighted by Crippen LogP contribution is 2.28. The van der Waals surface area contributed by atoms with Crippen LogP contribution in [0.15, 0.2) is 47.6 Å². The Kier molecular flexibility index (Phi) is 3.31. The fourth-order valence-corrected chi connectivity index (χ4v) is 2.09. The average molecular weight is 233 g/mol. The molecule has 0 aliphatic heterocycles. The molecule has 2 rings (SSSR count). The number of thioether (sulfide) groups is 1. The van der Waals surface area contributed by atoms with E-state index in [0.717, 1.165) is 16.2 Å². The molecule has 1 aromatic carbocycles. The van der Waals surface area contributed by atoms with Crippen molar-refractivity contribution in [2.75, 3.05) is 0 Å². The van der Waals surface area contributed by atoms with Gasteiger partial charge in [-0.25, -0.2) is 0 Å². The first-order valence-corrected chi connectivity index (χ1v) is 5.78. The highest BCUT2D eigenvalue weighted by Gasteiger charge is 2.01. The van der Waals surface area contributed by atoms with Crippen LogP contribution in [0.25, 0.3) is 0 Å². The van der Waals surface area contributed by atoms with Crippen LogP contribution >= 0.6 is 11.8 Å². The third-order valence-electron chi connectivity index (χ3n) is 2.10. The van der Waals surface area contributed by atoms with Crippen molar-refractivity contribution < 1.29 is 10.2 Å². The predicted molar refractivity (Wildman–Crippen MR) is 63.6 cm³/mol. The van der Waals surface area contributed by atoms with Crippen LogP contribution in [-0.4, -0.2) is 15.2 Å². The molecular weight excluding hydrogens is 222 g/mol. The molecule has 0 fully saturated rings. The van der Waals surface area contributed by atoms with E-state index in [2.05, 4.69) is 4.98 Å². The standard InChI is InChI=1S/C12H11NO2S/c14-11-2-1-9(7-12(11)15)8-16-10-3-5-13-6-4-10/h1-7,14-15H,8H2. The molecule has 4 heteroatoms. The van der Waals surface area contributed by atoms with Crippen LogP contribution in [-0.2, 0) is 5.75 Å². The fourth-order valence-electron chi connectivity index (χ4n) is 1.26. The second-order valence-corrected chi connectivity index (χ2v) is 4.34. The number of rotatable bonds is 3. The average Bonchev–Trinajstić information content (AvgIpc) is 2.32. The highest BCUT2D eigenvalue weighted by atomic mass is 32.2. The number of hydrogen-bond donors (Lipinski definition) is 2. The van der Waals surface area contributed by atoms with Crippen molar-refractivity contribution in [1.29, 1.82) is 0 Å². The van der Waals surface area contributed by atoms with Gasteiger partial charge in [-0.3, -0.25) is 4.98 Å². The number of nitrogens with zero attached hydrogens (tertiary/aromatic N) is 1. The van der Waals surface area contributed by atoms with Crippen molar-refractivity contribution >= 4 is 11.8 Å². The molecule has 0 saturated heterocycles. The van der Waals surface area contributed by atoms with E-state index in [1.807, 2.05) is 12.1 Å². The fraction of sp³-hybridized carbons (Fsp3) is 0.0833. The lowest BCUT2D eigenvalue weighted by Crippen LogP contribution is -1.81. The van der Waals surface area contributed by atoms with Gasteiger partial charge in [-0.2, -0.15) is 0 Å². The van der Waals surface area contributed by atoms with Crippen molar-refractivity contribution in [3.8, 4) is 11.5 Å². The summed E-state index contributed by atoms with van der Waals surface area (Å²) in [6, 6.07) is 8.74. The SMILES string of the molecule is Oc1ccc(CSc2ccncc2)cc1O. The molecule has 1 aromatic heterocycles. The molecule has 0 amide bonds. The molecule has 0 saturated carbocycles. The van der Waals surface area contributed by atoms with E-state index in [9.17, 15) is 5.11 Å². The van der Waals surface area contributed by atoms with Crippen molar-refractivity contribution in [2.24, 2.45) is 0 Å². The maximum Gasteiger partial charge on any atom is 0.157 e. The summed E-state index contributed by atoms with van der Waals surface area (Å²) in [6.07, 6.45) is 3.49. The van der Waals surface area contributed by atoms with Crippen molar-refractivity contribution in [3.63, 3.8) is 0 Å². The topological polar surface area (TPSA) is 53.4 Å². The molecular formula is C12H11NO2S. The van der Waals surface area contributed by atoms with E-state index in [1.165, 1.54) is 6.07 Å². The second kappa shape index (κ2) is 4.90. The monoisotopic (exact) mass is 233 g/mol. The molecule has 0 bridgehead atoms. The molecule has 3 nitrogen and oxygen atoms in total. The Balaban J connectivity index is 2.03. The van der Waals surface area contributed by atoms with Gasteiger partial charge in [-0.05, 0) is 29.8 Å². The first-order valence-electron chi connectivity index (χ1n) is 4.79. The minimum absolute atomic E-state index is 0.0761. The van der Waals surface area contributed by atoms with Gasteiger partial charge in [-0.1, -0.05) is 6.07 Å². The maximum absolute atomic E-state index is 9.33. The zero-order valence-corrected chi connectivity index (χ0v) is 9.31. The lowest BCUT2D eigenvalue weighted by Gasteiger charge is -2.03. The van der Waals surface area contributed by atoms with Crippen molar-refractivity contribution in [3.05, 3.63) is 48.3 Å². The van der Waals surface area contributed by atoms with Gasteiger partial charge in [0.25, 0.3) is 0 Å². The number of phenolic OH excluding ortho intramolecular Hbond substituents is 2. The summed E-state index contributed by atoms with van der Waals surface area (Å²) < 4.78 is 0. The Morgan fingerprint density at radius 1 is 1.00 bits per heavy atom. The number of aromatic nitrogens is 1. The zero-order valence-electron chi connectivity index (χ0n) is 8.50. The molecule has 82 valence electrons. The Bertz CT molecular complexity index is 474. The lowest BCUT2D eigenvalue weighted by molar-refractivity contribution is 0.403. The summed E-state index contributed by atoms with van der Waals surface area (Å²) in [5.41, 5.74) is 0.970. The molecule has 2 N–H and O–H groups in total. The molecule has 0 aliphatic carbocycles. The Hall–Kier alpha value is -1.68. The third-order valence-corrected chi connectivity index (χ3v) is 3.18. The first-order chi connectivity index (χ1) is 7.75. The first kappa shape index (κ1) is 10.8. The highest BCUT2D eigenvalue weighted by molar-refractivity contribution is 7.98. The predicted octanol–water partition coefficient (Wildman–Crippen LogP) is 2.79. The van der Waals surface area contributed by atoms with Crippen LogP contribution in [0, 0.1) is 0 Å². The van der Waals surface area contributed by atoms with E-state index in [-0.39, 0.29) is 11.5 Å². The van der Waals surface area contributed by atoms with E-state index < -0.39 is 0 Å². The molecule has 1 heterocycles. The van der Waals surface area contributed by atoms with Crippen LogP contribution in [0.1, 0.15) is 5.56 Å². The summed E-state index contributed by atoms with van der Waals surface area (Å²) in [7, 11) is 0. The minimum atomic E-state index is -0.0855. The minimum Gasteiger partial charge on any atom is -0.504 e. The number of phenols is 2. The maximum atomic E-state index is 9.33. The zero-order chi connectivity index (χ0) is 11.4. The quantitative estimate of drug-likeness (QED) is 0.632. The third kappa shape index (κ3) is 2.67. The van der Waals surface area contributed by atoms with Crippen LogP contribution < -0.4 is 0 Å². The van der Waals surface area contributed by atoms with Crippen molar-refractivity contribution in [2.45, 2.75) is 10.6 Å². The van der Waals surface area contributed by atoms with Gasteiger partial charge < -0.3 is 10.2 Å². The summed E-state index contributed by atoms with van der Waals surface area (Å²) in [5.74, 6) is 0.586. The summed E-state index contributed by atoms with van der Waals surface area (Å²) in [5, 5.41) is 18.5. The largest absolute Gasteiger partial charge is 0.504 e. The van der Waals surface area contributed by atoms with Crippen LogP contribution in [0.2, 0.25) is 0 Å².